The number of ether oxygens (including phenoxy) is 1. The second-order valence-electron chi connectivity index (χ2n) is 2.13. The van der Waals surface area contributed by atoms with Gasteiger partial charge in [-0.1, -0.05) is 12.2 Å². The van der Waals surface area contributed by atoms with Crippen LogP contribution in [0.5, 0.6) is 0 Å². The Labute approximate surface area is 58.7 Å². The SMILES string of the molecule is CC=CC1CC(=O)OC1=O. The lowest BCUT2D eigenvalue weighted by atomic mass is 10.1. The van der Waals surface area contributed by atoms with Crippen molar-refractivity contribution >= 4 is 11.9 Å². The van der Waals surface area contributed by atoms with Gasteiger partial charge in [0.15, 0.2) is 0 Å². The first kappa shape index (κ1) is 6.99. The Balaban J connectivity index is 2.63. The van der Waals surface area contributed by atoms with Gasteiger partial charge < -0.3 is 4.74 Å². The molecule has 1 saturated heterocycles. The topological polar surface area (TPSA) is 43.4 Å². The fourth-order valence-corrected chi connectivity index (χ4v) is 0.871. The summed E-state index contributed by atoms with van der Waals surface area (Å²) in [7, 11) is 0. The molecular formula is C7H8O3. The molecule has 0 bridgehead atoms. The monoisotopic (exact) mass is 140 g/mol. The summed E-state index contributed by atoms with van der Waals surface area (Å²) in [5, 5.41) is 0. The standard InChI is InChI=1S/C7H8O3/c1-2-3-5-4-6(8)10-7(5)9/h2-3,5H,4H2,1H3. The van der Waals surface area contributed by atoms with Crippen LogP contribution in [0.4, 0.5) is 0 Å². The van der Waals surface area contributed by atoms with Crippen LogP contribution >= 0.6 is 0 Å². The van der Waals surface area contributed by atoms with Crippen molar-refractivity contribution in [2.24, 2.45) is 5.92 Å². The number of hydrogen-bond acceptors (Lipinski definition) is 3. The van der Waals surface area contributed by atoms with E-state index in [0.29, 0.717) is 0 Å². The number of carbonyl (C=O) groups excluding carboxylic acids is 2. The van der Waals surface area contributed by atoms with Crippen LogP contribution in [0.3, 0.4) is 0 Å². The predicted molar refractivity (Wildman–Crippen MR) is 34.0 cm³/mol. The van der Waals surface area contributed by atoms with Crippen molar-refractivity contribution in [1.29, 1.82) is 0 Å². The van der Waals surface area contributed by atoms with Crippen molar-refractivity contribution in [1.82, 2.24) is 0 Å². The number of allylic oxidation sites excluding steroid dienone is 1. The van der Waals surface area contributed by atoms with Crippen molar-refractivity contribution in [2.45, 2.75) is 13.3 Å². The summed E-state index contributed by atoms with van der Waals surface area (Å²) in [5.74, 6) is -1.19. The van der Waals surface area contributed by atoms with E-state index >= 15 is 0 Å². The molecule has 1 aliphatic heterocycles. The van der Waals surface area contributed by atoms with E-state index in [2.05, 4.69) is 4.74 Å². The molecule has 3 heteroatoms. The molecule has 10 heavy (non-hydrogen) atoms. The minimum Gasteiger partial charge on any atom is -0.393 e. The third kappa shape index (κ3) is 1.23. The van der Waals surface area contributed by atoms with Crippen molar-refractivity contribution in [2.75, 3.05) is 0 Å². The van der Waals surface area contributed by atoms with Gasteiger partial charge in [0.2, 0.25) is 0 Å². The summed E-state index contributed by atoms with van der Waals surface area (Å²) in [6, 6.07) is 0. The molecule has 54 valence electrons. The van der Waals surface area contributed by atoms with E-state index in [1.165, 1.54) is 0 Å². The maximum absolute atomic E-state index is 10.7. The molecule has 1 rings (SSSR count). The highest BCUT2D eigenvalue weighted by Crippen LogP contribution is 2.16. The van der Waals surface area contributed by atoms with Crippen molar-refractivity contribution in [3.63, 3.8) is 0 Å². The molecule has 0 aromatic heterocycles. The highest BCUT2D eigenvalue weighted by atomic mass is 16.6. The number of cyclic esters (lactones) is 2. The average molecular weight is 140 g/mol. The summed E-state index contributed by atoms with van der Waals surface area (Å²) in [6.07, 6.45) is 3.61. The highest BCUT2D eigenvalue weighted by molar-refractivity contribution is 5.95. The summed E-state index contributed by atoms with van der Waals surface area (Å²) in [5.41, 5.74) is 0. The van der Waals surface area contributed by atoms with Crippen LogP contribution in [0.1, 0.15) is 13.3 Å². The molecule has 0 aliphatic carbocycles. The Morgan fingerprint density at radius 1 is 1.60 bits per heavy atom. The maximum Gasteiger partial charge on any atom is 0.321 e. The van der Waals surface area contributed by atoms with Crippen LogP contribution in [0.2, 0.25) is 0 Å². The third-order valence-electron chi connectivity index (χ3n) is 1.33. The van der Waals surface area contributed by atoms with Gasteiger partial charge in [-0.2, -0.15) is 0 Å². The van der Waals surface area contributed by atoms with E-state index in [-0.39, 0.29) is 12.3 Å². The van der Waals surface area contributed by atoms with Gasteiger partial charge in [-0.3, -0.25) is 9.59 Å². The van der Waals surface area contributed by atoms with Gasteiger partial charge in [0.05, 0.1) is 12.3 Å². The Bertz CT molecular complexity index is 193. The second kappa shape index (κ2) is 2.64. The van der Waals surface area contributed by atoms with Crippen molar-refractivity contribution < 1.29 is 14.3 Å². The van der Waals surface area contributed by atoms with Gasteiger partial charge in [-0.05, 0) is 6.92 Å². The molecule has 0 radical (unpaired) electrons. The van der Waals surface area contributed by atoms with E-state index in [1.807, 2.05) is 0 Å². The Morgan fingerprint density at radius 3 is 2.70 bits per heavy atom. The van der Waals surface area contributed by atoms with Crippen LogP contribution in [0.25, 0.3) is 0 Å². The van der Waals surface area contributed by atoms with Gasteiger partial charge in [0, 0.05) is 0 Å². The molecule has 1 aliphatic rings. The number of esters is 2. The number of hydrogen-bond donors (Lipinski definition) is 0. The van der Waals surface area contributed by atoms with Crippen molar-refractivity contribution in [3.8, 4) is 0 Å². The normalized spacial score (nSPS) is 25.9. The third-order valence-corrected chi connectivity index (χ3v) is 1.33. The first-order valence-electron chi connectivity index (χ1n) is 3.11. The molecule has 0 N–H and O–H groups in total. The van der Waals surface area contributed by atoms with E-state index in [9.17, 15) is 9.59 Å². The van der Waals surface area contributed by atoms with Gasteiger partial charge in [-0.25, -0.2) is 0 Å². The molecule has 0 saturated carbocycles. The molecule has 3 nitrogen and oxygen atoms in total. The van der Waals surface area contributed by atoms with Crippen LogP contribution in [0, 0.1) is 5.92 Å². The van der Waals surface area contributed by atoms with Crippen LogP contribution < -0.4 is 0 Å². The quantitative estimate of drug-likeness (QED) is 0.305. The minimum absolute atomic E-state index is 0.198. The van der Waals surface area contributed by atoms with Gasteiger partial charge in [0.1, 0.15) is 0 Å². The minimum atomic E-state index is -0.428. The lowest BCUT2D eigenvalue weighted by Gasteiger charge is -1.91. The van der Waals surface area contributed by atoms with E-state index < -0.39 is 11.9 Å². The lowest BCUT2D eigenvalue weighted by Crippen LogP contribution is -2.03. The Morgan fingerprint density at radius 2 is 2.30 bits per heavy atom. The Kier molecular flexibility index (Phi) is 1.85. The molecule has 0 spiro atoms. The van der Waals surface area contributed by atoms with Crippen LogP contribution in [0.15, 0.2) is 12.2 Å². The number of carbonyl (C=O) groups is 2. The van der Waals surface area contributed by atoms with Crippen LogP contribution in [-0.2, 0) is 14.3 Å². The lowest BCUT2D eigenvalue weighted by molar-refractivity contribution is -0.152. The molecule has 1 heterocycles. The molecule has 1 atom stereocenters. The summed E-state index contributed by atoms with van der Waals surface area (Å²) < 4.78 is 4.30. The van der Waals surface area contributed by atoms with Crippen molar-refractivity contribution in [3.05, 3.63) is 12.2 Å². The first-order valence-corrected chi connectivity index (χ1v) is 3.11. The van der Waals surface area contributed by atoms with E-state index in [0.717, 1.165) is 0 Å². The zero-order chi connectivity index (χ0) is 7.56. The Hall–Kier alpha value is -1.12. The van der Waals surface area contributed by atoms with Gasteiger partial charge in [-0.15, -0.1) is 0 Å². The van der Waals surface area contributed by atoms with Gasteiger partial charge in [0.25, 0.3) is 0 Å². The molecule has 1 unspecified atom stereocenters. The smallest absolute Gasteiger partial charge is 0.321 e. The fraction of sp³-hybridized carbons (Fsp3) is 0.429. The highest BCUT2D eigenvalue weighted by Gasteiger charge is 2.30. The summed E-state index contributed by atoms with van der Waals surface area (Å²) in [4.78, 5) is 21.1. The number of rotatable bonds is 1. The van der Waals surface area contributed by atoms with E-state index in [1.54, 1.807) is 19.1 Å². The average Bonchev–Trinajstić information content (AvgIpc) is 2.13. The largest absolute Gasteiger partial charge is 0.393 e. The molecule has 0 aromatic rings. The maximum atomic E-state index is 10.7. The molecule has 0 aromatic carbocycles. The predicted octanol–water partition coefficient (Wildman–Crippen LogP) is 0.652. The molecule has 0 amide bonds. The van der Waals surface area contributed by atoms with Crippen LogP contribution in [-0.4, -0.2) is 11.9 Å². The summed E-state index contributed by atoms with van der Waals surface area (Å²) >= 11 is 0. The molecular weight excluding hydrogens is 132 g/mol. The summed E-state index contributed by atoms with van der Waals surface area (Å²) in [6.45, 7) is 1.80. The van der Waals surface area contributed by atoms with E-state index in [4.69, 9.17) is 0 Å². The van der Waals surface area contributed by atoms with Gasteiger partial charge >= 0.3 is 11.9 Å². The fourth-order valence-electron chi connectivity index (χ4n) is 0.871. The first-order chi connectivity index (χ1) is 4.74. The second-order valence-corrected chi connectivity index (χ2v) is 2.13. The zero-order valence-corrected chi connectivity index (χ0v) is 5.66. The zero-order valence-electron chi connectivity index (χ0n) is 5.66. The molecule has 1 fully saturated rings.